The van der Waals surface area contributed by atoms with Crippen molar-refractivity contribution in [2.75, 3.05) is 44.7 Å². The van der Waals surface area contributed by atoms with Gasteiger partial charge >= 0.3 is 6.18 Å². The highest BCUT2D eigenvalue weighted by Crippen LogP contribution is 2.36. The number of halogens is 4. The van der Waals surface area contributed by atoms with Gasteiger partial charge in [-0.2, -0.15) is 13.2 Å². The molecule has 2 aromatic rings. The summed E-state index contributed by atoms with van der Waals surface area (Å²) < 4.78 is 44.8. The maximum absolute atomic E-state index is 13.2. The lowest BCUT2D eigenvalue weighted by Crippen LogP contribution is -2.47. The first-order chi connectivity index (χ1) is 12.9. The topological polar surface area (TPSA) is 35.9 Å². The third-order valence-corrected chi connectivity index (χ3v) is 4.88. The molecule has 0 radical (unpaired) electrons. The third kappa shape index (κ3) is 5.23. The number of hydrogen-bond donors (Lipinski definition) is 1. The molecule has 0 aliphatic carbocycles. The van der Waals surface area contributed by atoms with Gasteiger partial charge in [-0.15, -0.1) is 12.4 Å². The number of benzene rings is 2. The molecule has 0 unspecified atom stereocenters. The van der Waals surface area contributed by atoms with Gasteiger partial charge in [0.15, 0.2) is 11.5 Å². The zero-order chi connectivity index (χ0) is 19.4. The number of aromatic hydroxyl groups is 1. The fraction of sp³-hybridized carbons (Fsp3) is 0.400. The number of piperazine rings is 1. The van der Waals surface area contributed by atoms with Gasteiger partial charge < -0.3 is 14.7 Å². The summed E-state index contributed by atoms with van der Waals surface area (Å²) in [6.07, 6.45) is -3.55. The lowest BCUT2D eigenvalue weighted by molar-refractivity contribution is -0.137. The molecule has 8 heteroatoms. The van der Waals surface area contributed by atoms with Crippen molar-refractivity contribution in [3.63, 3.8) is 0 Å². The van der Waals surface area contributed by atoms with Gasteiger partial charge in [0.25, 0.3) is 0 Å². The molecule has 1 aliphatic heterocycles. The van der Waals surface area contributed by atoms with Crippen molar-refractivity contribution in [2.24, 2.45) is 0 Å². The van der Waals surface area contributed by atoms with E-state index in [-0.39, 0.29) is 23.8 Å². The van der Waals surface area contributed by atoms with Crippen LogP contribution in [0.3, 0.4) is 0 Å². The van der Waals surface area contributed by atoms with Crippen LogP contribution in [0.15, 0.2) is 42.5 Å². The lowest BCUT2D eigenvalue weighted by atomic mass is 10.1. The number of nitrogens with zero attached hydrogens (tertiary/aromatic N) is 2. The normalized spacial score (nSPS) is 15.2. The van der Waals surface area contributed by atoms with E-state index in [1.54, 1.807) is 18.2 Å². The van der Waals surface area contributed by atoms with Crippen molar-refractivity contribution in [1.29, 1.82) is 0 Å². The standard InChI is InChI=1S/C20H23F3N2O2.ClH/c1-27-19-14-15(6-7-18(19)26)8-9-24-10-12-25(13-11-24)17-5-3-2-4-16(17)20(21,22)23;/h2-7,14,26H,8-13H2,1H3;1H. The van der Waals surface area contributed by atoms with Crippen molar-refractivity contribution in [1.82, 2.24) is 4.90 Å². The minimum absolute atomic E-state index is 0. The zero-order valence-corrected chi connectivity index (χ0v) is 16.4. The Kier molecular flexibility index (Phi) is 7.43. The number of phenols is 1. The summed E-state index contributed by atoms with van der Waals surface area (Å²) in [6, 6.07) is 11.0. The number of para-hydroxylation sites is 1. The van der Waals surface area contributed by atoms with E-state index < -0.39 is 11.7 Å². The number of anilines is 1. The molecule has 1 aliphatic rings. The van der Waals surface area contributed by atoms with Crippen LogP contribution in [0.2, 0.25) is 0 Å². The maximum Gasteiger partial charge on any atom is 0.418 e. The Bertz CT molecular complexity index is 778. The summed E-state index contributed by atoms with van der Waals surface area (Å²) in [5.74, 6) is 0.555. The summed E-state index contributed by atoms with van der Waals surface area (Å²) in [6.45, 7) is 3.35. The summed E-state index contributed by atoms with van der Waals surface area (Å²) in [5, 5.41) is 9.65. The fourth-order valence-electron chi connectivity index (χ4n) is 3.37. The Morgan fingerprint density at radius 3 is 2.36 bits per heavy atom. The monoisotopic (exact) mass is 416 g/mol. The third-order valence-electron chi connectivity index (χ3n) is 4.88. The Morgan fingerprint density at radius 2 is 1.71 bits per heavy atom. The van der Waals surface area contributed by atoms with Gasteiger partial charge in [0, 0.05) is 38.4 Å². The second-order valence-corrected chi connectivity index (χ2v) is 6.60. The number of hydrogen-bond acceptors (Lipinski definition) is 4. The molecule has 2 aromatic carbocycles. The first-order valence-corrected chi connectivity index (χ1v) is 8.88. The van der Waals surface area contributed by atoms with E-state index in [0.717, 1.165) is 24.6 Å². The van der Waals surface area contributed by atoms with Crippen LogP contribution in [-0.4, -0.2) is 49.8 Å². The highest BCUT2D eigenvalue weighted by atomic mass is 35.5. The smallest absolute Gasteiger partial charge is 0.418 e. The van der Waals surface area contributed by atoms with Gasteiger partial charge in [-0.25, -0.2) is 0 Å². The molecule has 28 heavy (non-hydrogen) atoms. The van der Waals surface area contributed by atoms with E-state index in [1.807, 2.05) is 17.0 Å². The van der Waals surface area contributed by atoms with E-state index in [9.17, 15) is 18.3 Å². The molecule has 1 fully saturated rings. The van der Waals surface area contributed by atoms with Crippen molar-refractivity contribution < 1.29 is 23.0 Å². The second kappa shape index (κ2) is 9.39. The predicted octanol–water partition coefficient (Wildman–Crippen LogP) is 4.21. The van der Waals surface area contributed by atoms with Crippen molar-refractivity contribution in [2.45, 2.75) is 12.6 Å². The molecule has 0 atom stereocenters. The molecule has 0 bridgehead atoms. The molecular formula is C20H24ClF3N2O2. The molecule has 0 aromatic heterocycles. The Hall–Kier alpha value is -2.12. The average Bonchev–Trinajstić information content (AvgIpc) is 2.67. The molecule has 3 rings (SSSR count). The van der Waals surface area contributed by atoms with Crippen LogP contribution in [0.25, 0.3) is 0 Å². The van der Waals surface area contributed by atoms with Gasteiger partial charge in [0.05, 0.1) is 12.7 Å². The van der Waals surface area contributed by atoms with Gasteiger partial charge in [0.1, 0.15) is 0 Å². The summed E-state index contributed by atoms with van der Waals surface area (Å²) in [7, 11) is 1.51. The zero-order valence-electron chi connectivity index (χ0n) is 15.6. The Balaban J connectivity index is 0.00000280. The minimum atomic E-state index is -4.34. The first kappa shape index (κ1) is 22.2. The molecule has 1 saturated heterocycles. The molecule has 0 saturated carbocycles. The van der Waals surface area contributed by atoms with Crippen molar-refractivity contribution in [3.8, 4) is 11.5 Å². The number of methoxy groups -OCH3 is 1. The summed E-state index contributed by atoms with van der Waals surface area (Å²) in [5.41, 5.74) is 0.733. The van der Waals surface area contributed by atoms with Crippen LogP contribution in [0, 0.1) is 0 Å². The van der Waals surface area contributed by atoms with E-state index >= 15 is 0 Å². The number of alkyl halides is 3. The largest absolute Gasteiger partial charge is 0.504 e. The van der Waals surface area contributed by atoms with Crippen LogP contribution in [0.1, 0.15) is 11.1 Å². The SMILES string of the molecule is COc1cc(CCN2CCN(c3ccccc3C(F)(F)F)CC2)ccc1O.Cl. The number of rotatable bonds is 5. The van der Waals surface area contributed by atoms with Gasteiger partial charge in [-0.1, -0.05) is 18.2 Å². The molecular weight excluding hydrogens is 393 g/mol. The van der Waals surface area contributed by atoms with Gasteiger partial charge in [0.2, 0.25) is 0 Å². The van der Waals surface area contributed by atoms with E-state index in [4.69, 9.17) is 4.74 Å². The van der Waals surface area contributed by atoms with E-state index in [1.165, 1.54) is 13.2 Å². The molecule has 1 N–H and O–H groups in total. The quantitative estimate of drug-likeness (QED) is 0.792. The van der Waals surface area contributed by atoms with Crippen LogP contribution in [0.5, 0.6) is 11.5 Å². The highest BCUT2D eigenvalue weighted by molar-refractivity contribution is 5.85. The van der Waals surface area contributed by atoms with Crippen LogP contribution in [-0.2, 0) is 12.6 Å². The minimum Gasteiger partial charge on any atom is -0.504 e. The number of ether oxygens (including phenoxy) is 1. The van der Waals surface area contributed by atoms with Crippen LogP contribution in [0.4, 0.5) is 18.9 Å². The highest BCUT2D eigenvalue weighted by Gasteiger charge is 2.35. The first-order valence-electron chi connectivity index (χ1n) is 8.88. The van der Waals surface area contributed by atoms with Crippen molar-refractivity contribution in [3.05, 3.63) is 53.6 Å². The van der Waals surface area contributed by atoms with E-state index in [0.29, 0.717) is 31.9 Å². The van der Waals surface area contributed by atoms with Crippen LogP contribution < -0.4 is 9.64 Å². The van der Waals surface area contributed by atoms with E-state index in [2.05, 4.69) is 4.90 Å². The molecule has 0 amide bonds. The van der Waals surface area contributed by atoms with Crippen LogP contribution >= 0.6 is 12.4 Å². The van der Waals surface area contributed by atoms with Crippen molar-refractivity contribution >= 4 is 18.1 Å². The molecule has 154 valence electrons. The predicted molar refractivity (Wildman–Crippen MR) is 106 cm³/mol. The molecule has 4 nitrogen and oxygen atoms in total. The molecule has 0 spiro atoms. The molecule has 1 heterocycles. The Morgan fingerprint density at radius 1 is 1.04 bits per heavy atom. The lowest BCUT2D eigenvalue weighted by Gasteiger charge is -2.37. The van der Waals surface area contributed by atoms with Gasteiger partial charge in [-0.05, 0) is 36.2 Å². The Labute approximate surface area is 168 Å². The second-order valence-electron chi connectivity index (χ2n) is 6.60. The maximum atomic E-state index is 13.2. The fourth-order valence-corrected chi connectivity index (χ4v) is 3.37. The van der Waals surface area contributed by atoms with Gasteiger partial charge in [-0.3, -0.25) is 4.90 Å². The summed E-state index contributed by atoms with van der Waals surface area (Å²) in [4.78, 5) is 4.05. The summed E-state index contributed by atoms with van der Waals surface area (Å²) >= 11 is 0. The average molecular weight is 417 g/mol. The number of phenolic OH excluding ortho intramolecular Hbond substituents is 1.